The largest absolute Gasteiger partial charge is 0.491 e. The number of carbonyl (C=O) groups excluding carboxylic acids is 2. The maximum Gasteiger partial charge on any atom is 0.428 e. The van der Waals surface area contributed by atoms with Crippen molar-refractivity contribution in [1.82, 2.24) is 10.4 Å². The molecule has 0 aliphatic carbocycles. The Morgan fingerprint density at radius 3 is 2.81 bits per heavy atom. The first-order chi connectivity index (χ1) is 10.0. The van der Waals surface area contributed by atoms with Gasteiger partial charge in [0.05, 0.1) is 12.6 Å². The molecule has 114 valence electrons. The van der Waals surface area contributed by atoms with Gasteiger partial charge in [0.1, 0.15) is 12.4 Å². The Hall–Kier alpha value is -1.95. The zero-order chi connectivity index (χ0) is 15.2. The van der Waals surface area contributed by atoms with Crippen molar-refractivity contribution in [3.63, 3.8) is 0 Å². The Morgan fingerprint density at radius 1 is 1.48 bits per heavy atom. The van der Waals surface area contributed by atoms with E-state index in [0.717, 1.165) is 0 Å². The number of nitrogens with one attached hydrogen (secondary N) is 1. The lowest BCUT2D eigenvalue weighted by atomic mass is 10.2. The van der Waals surface area contributed by atoms with Gasteiger partial charge in [-0.1, -0.05) is 11.6 Å². The molecule has 1 N–H and O–H groups in total. The number of carbonyl (C=O) groups is 2. The molecule has 2 rings (SSSR count). The smallest absolute Gasteiger partial charge is 0.428 e. The predicted octanol–water partition coefficient (Wildman–Crippen LogP) is 2.37. The number of nitrogens with zero attached hydrogens (tertiary/aromatic N) is 1. The fraction of sp³-hybridized carbons (Fsp3) is 0.429. The highest BCUT2D eigenvalue weighted by Crippen LogP contribution is 2.17. The molecule has 21 heavy (non-hydrogen) atoms. The van der Waals surface area contributed by atoms with E-state index in [-0.39, 0.29) is 18.4 Å². The molecular formula is C14H17ClN2O4. The molecular weight excluding hydrogens is 296 g/mol. The summed E-state index contributed by atoms with van der Waals surface area (Å²) < 4.78 is 10.4. The molecule has 7 heteroatoms. The minimum absolute atomic E-state index is 0.123. The van der Waals surface area contributed by atoms with Crippen LogP contribution in [0.2, 0.25) is 5.02 Å². The van der Waals surface area contributed by atoms with Crippen LogP contribution in [0.1, 0.15) is 19.8 Å². The number of benzene rings is 1. The van der Waals surface area contributed by atoms with Crippen molar-refractivity contribution < 1.29 is 19.1 Å². The third-order valence-electron chi connectivity index (χ3n) is 2.95. The molecule has 0 bridgehead atoms. The molecule has 1 unspecified atom stereocenters. The van der Waals surface area contributed by atoms with Crippen molar-refractivity contribution in [3.05, 3.63) is 29.3 Å². The number of hydrazine groups is 1. The van der Waals surface area contributed by atoms with Gasteiger partial charge in [-0.2, -0.15) is 0 Å². The molecule has 1 aromatic carbocycles. The Labute approximate surface area is 127 Å². The van der Waals surface area contributed by atoms with Gasteiger partial charge in [-0.3, -0.25) is 10.2 Å². The van der Waals surface area contributed by atoms with Crippen LogP contribution in [0.5, 0.6) is 5.75 Å². The lowest BCUT2D eigenvalue weighted by molar-refractivity contribution is -0.125. The first kappa shape index (κ1) is 15.4. The summed E-state index contributed by atoms with van der Waals surface area (Å²) in [6, 6.07) is 7.04. The Bertz CT molecular complexity index is 506. The van der Waals surface area contributed by atoms with Gasteiger partial charge in [0.25, 0.3) is 0 Å². The number of amides is 2. The van der Waals surface area contributed by atoms with Gasteiger partial charge in [-0.05, 0) is 37.6 Å². The van der Waals surface area contributed by atoms with E-state index in [1.54, 1.807) is 24.3 Å². The molecule has 1 aromatic rings. The Kier molecular flexibility index (Phi) is 5.27. The van der Waals surface area contributed by atoms with E-state index >= 15 is 0 Å². The molecule has 0 aromatic heterocycles. The lowest BCUT2D eigenvalue weighted by Gasteiger charge is -2.16. The maximum absolute atomic E-state index is 11.7. The summed E-state index contributed by atoms with van der Waals surface area (Å²) in [6.07, 6.45) is 0.159. The van der Waals surface area contributed by atoms with E-state index in [2.05, 4.69) is 5.43 Å². The van der Waals surface area contributed by atoms with Crippen molar-refractivity contribution in [2.24, 2.45) is 0 Å². The molecule has 1 aliphatic heterocycles. The number of hydrogen-bond acceptors (Lipinski definition) is 4. The summed E-state index contributed by atoms with van der Waals surface area (Å²) >= 11 is 5.79. The van der Waals surface area contributed by atoms with Gasteiger partial charge in [0.15, 0.2) is 0 Å². The number of rotatable bonds is 6. The van der Waals surface area contributed by atoms with Gasteiger partial charge in [0.2, 0.25) is 5.91 Å². The van der Waals surface area contributed by atoms with Crippen LogP contribution >= 0.6 is 11.6 Å². The molecule has 1 heterocycles. The maximum atomic E-state index is 11.7. The standard InChI is InChI=1S/C14H17ClN2O4/c1-10(21-12-5-3-11(15)4-6-12)2-7-13(18)16-17-8-9-20-14(17)19/h3-6,10H,2,7-9H2,1H3,(H,16,18). The normalized spacial score (nSPS) is 15.5. The van der Waals surface area contributed by atoms with Crippen molar-refractivity contribution in [1.29, 1.82) is 0 Å². The zero-order valence-corrected chi connectivity index (χ0v) is 12.4. The second-order valence-electron chi connectivity index (χ2n) is 4.72. The summed E-state index contributed by atoms with van der Waals surface area (Å²) in [5.74, 6) is 0.468. The molecule has 1 saturated heterocycles. The number of hydrogen-bond donors (Lipinski definition) is 1. The van der Waals surface area contributed by atoms with Gasteiger partial charge in [-0.25, -0.2) is 9.80 Å². The molecule has 1 atom stereocenters. The quantitative estimate of drug-likeness (QED) is 0.875. The van der Waals surface area contributed by atoms with Gasteiger partial charge >= 0.3 is 6.09 Å². The van der Waals surface area contributed by atoms with E-state index in [0.29, 0.717) is 30.3 Å². The molecule has 0 spiro atoms. The van der Waals surface area contributed by atoms with Gasteiger partial charge in [0, 0.05) is 11.4 Å². The SMILES string of the molecule is CC(CCC(=O)NN1CCOC1=O)Oc1ccc(Cl)cc1. The van der Waals surface area contributed by atoms with Gasteiger partial charge in [-0.15, -0.1) is 0 Å². The molecule has 0 saturated carbocycles. The highest BCUT2D eigenvalue weighted by atomic mass is 35.5. The van der Waals surface area contributed by atoms with E-state index in [1.165, 1.54) is 5.01 Å². The third-order valence-corrected chi connectivity index (χ3v) is 3.20. The molecule has 0 radical (unpaired) electrons. The van der Waals surface area contributed by atoms with Crippen molar-refractivity contribution >= 4 is 23.6 Å². The molecule has 2 amide bonds. The second kappa shape index (κ2) is 7.17. The average molecular weight is 313 g/mol. The second-order valence-corrected chi connectivity index (χ2v) is 5.16. The van der Waals surface area contributed by atoms with Crippen molar-refractivity contribution in [3.8, 4) is 5.75 Å². The summed E-state index contributed by atoms with van der Waals surface area (Å²) in [5, 5.41) is 1.82. The topological polar surface area (TPSA) is 67.9 Å². The zero-order valence-electron chi connectivity index (χ0n) is 11.7. The van der Waals surface area contributed by atoms with Gasteiger partial charge < -0.3 is 9.47 Å². The Morgan fingerprint density at radius 2 is 2.19 bits per heavy atom. The summed E-state index contributed by atoms with van der Waals surface area (Å²) in [5.41, 5.74) is 2.50. The van der Waals surface area contributed by atoms with Crippen LogP contribution in [-0.2, 0) is 9.53 Å². The lowest BCUT2D eigenvalue weighted by Crippen LogP contribution is -2.42. The first-order valence-electron chi connectivity index (χ1n) is 6.70. The number of cyclic esters (lactones) is 1. The van der Waals surface area contributed by atoms with Crippen molar-refractivity contribution in [2.45, 2.75) is 25.9 Å². The van der Waals surface area contributed by atoms with Crippen LogP contribution in [0.25, 0.3) is 0 Å². The van der Waals surface area contributed by atoms with Crippen LogP contribution in [0.15, 0.2) is 24.3 Å². The van der Waals surface area contributed by atoms with Crippen LogP contribution < -0.4 is 10.2 Å². The molecule has 1 aliphatic rings. The first-order valence-corrected chi connectivity index (χ1v) is 7.08. The van der Waals surface area contributed by atoms with Crippen LogP contribution in [0.3, 0.4) is 0 Å². The van der Waals surface area contributed by atoms with Crippen LogP contribution in [-0.4, -0.2) is 36.3 Å². The van der Waals surface area contributed by atoms with Crippen LogP contribution in [0.4, 0.5) is 4.79 Å². The Balaban J connectivity index is 1.70. The van der Waals surface area contributed by atoms with E-state index in [9.17, 15) is 9.59 Å². The van der Waals surface area contributed by atoms with E-state index in [1.807, 2.05) is 6.92 Å². The number of halogens is 1. The fourth-order valence-corrected chi connectivity index (χ4v) is 1.97. The molecule has 1 fully saturated rings. The summed E-state index contributed by atoms with van der Waals surface area (Å²) in [7, 11) is 0. The minimum Gasteiger partial charge on any atom is -0.491 e. The summed E-state index contributed by atoms with van der Waals surface area (Å²) in [4.78, 5) is 22.9. The summed E-state index contributed by atoms with van der Waals surface area (Å²) in [6.45, 7) is 2.56. The van der Waals surface area contributed by atoms with Crippen molar-refractivity contribution in [2.75, 3.05) is 13.2 Å². The minimum atomic E-state index is -0.520. The average Bonchev–Trinajstić information content (AvgIpc) is 2.85. The third kappa shape index (κ3) is 4.82. The highest BCUT2D eigenvalue weighted by molar-refractivity contribution is 6.30. The number of ether oxygens (including phenoxy) is 2. The highest BCUT2D eigenvalue weighted by Gasteiger charge is 2.23. The monoisotopic (exact) mass is 312 g/mol. The fourth-order valence-electron chi connectivity index (χ4n) is 1.84. The van der Waals surface area contributed by atoms with Crippen LogP contribution in [0, 0.1) is 0 Å². The van der Waals surface area contributed by atoms with E-state index < -0.39 is 6.09 Å². The predicted molar refractivity (Wildman–Crippen MR) is 77.0 cm³/mol. The van der Waals surface area contributed by atoms with E-state index in [4.69, 9.17) is 21.1 Å². The molecule has 6 nitrogen and oxygen atoms in total.